The zero-order valence-corrected chi connectivity index (χ0v) is 19.1. The molecule has 0 aromatic heterocycles. The van der Waals surface area contributed by atoms with Crippen molar-refractivity contribution in [2.75, 3.05) is 13.1 Å². The van der Waals surface area contributed by atoms with Gasteiger partial charge in [-0.3, -0.25) is 14.6 Å². The molecular weight excluding hydrogens is 380 g/mol. The van der Waals surface area contributed by atoms with E-state index in [4.69, 9.17) is 10.2 Å². The van der Waals surface area contributed by atoms with E-state index >= 15 is 0 Å². The molecule has 0 spiro atoms. The van der Waals surface area contributed by atoms with Gasteiger partial charge in [-0.1, -0.05) is 90.0 Å². The third-order valence-electron chi connectivity index (χ3n) is 5.04. The molecule has 0 radical (unpaired) electrons. The monoisotopic (exact) mass is 424 g/mol. The molecule has 0 saturated heterocycles. The Morgan fingerprint density at radius 3 is 1.70 bits per heavy atom. The van der Waals surface area contributed by atoms with Crippen molar-refractivity contribution in [3.05, 3.63) is 12.3 Å². The Labute approximate surface area is 183 Å². The molecule has 1 aliphatic rings. The van der Waals surface area contributed by atoms with Crippen LogP contribution in [0.25, 0.3) is 0 Å². The van der Waals surface area contributed by atoms with Crippen molar-refractivity contribution in [1.29, 1.82) is 0 Å². The number of hydrogen-bond donors (Lipinski definition) is 2. The second-order valence-corrected chi connectivity index (χ2v) is 7.96. The molecule has 0 amide bonds. The van der Waals surface area contributed by atoms with Crippen LogP contribution >= 0.6 is 0 Å². The highest BCUT2D eigenvalue weighted by Gasteiger charge is 2.00. The number of allylic oxidation sites excluding steroid dienone is 1. The Balaban J connectivity index is 0.000000890. The molecule has 0 saturated carbocycles. The summed E-state index contributed by atoms with van der Waals surface area (Å²) in [5.41, 5.74) is 0. The van der Waals surface area contributed by atoms with Gasteiger partial charge in [-0.2, -0.15) is 0 Å². The first-order chi connectivity index (χ1) is 14.6. The van der Waals surface area contributed by atoms with Gasteiger partial charge in [0, 0.05) is 12.7 Å². The second kappa shape index (κ2) is 21.8. The molecule has 0 fully saturated rings. The average Bonchev–Trinajstić information content (AvgIpc) is 3.23. The molecular formula is C24H44N2O4. The molecule has 2 N–H and O–H groups in total. The number of carboxylic acid groups (broad SMARTS) is 2. The minimum atomic E-state index is -1.08. The summed E-state index contributed by atoms with van der Waals surface area (Å²) < 4.78 is 0. The van der Waals surface area contributed by atoms with Gasteiger partial charge in [-0.25, -0.2) is 0 Å². The van der Waals surface area contributed by atoms with E-state index < -0.39 is 11.9 Å². The van der Waals surface area contributed by atoms with Crippen LogP contribution in [0.3, 0.4) is 0 Å². The van der Waals surface area contributed by atoms with Gasteiger partial charge in [0.15, 0.2) is 0 Å². The van der Waals surface area contributed by atoms with E-state index in [-0.39, 0.29) is 12.8 Å². The fraction of sp³-hybridized carbons (Fsp3) is 0.792. The van der Waals surface area contributed by atoms with Gasteiger partial charge in [0.1, 0.15) is 0 Å². The van der Waals surface area contributed by atoms with Gasteiger partial charge < -0.3 is 15.1 Å². The zero-order chi connectivity index (χ0) is 22.3. The predicted octanol–water partition coefficient (Wildman–Crippen LogP) is 6.26. The molecule has 0 aromatic rings. The molecule has 0 aliphatic carbocycles. The van der Waals surface area contributed by atoms with Crippen LogP contribution in [0.1, 0.15) is 110 Å². The highest BCUT2D eigenvalue weighted by Crippen LogP contribution is 2.13. The molecule has 6 heteroatoms. The molecule has 1 aliphatic heterocycles. The molecule has 0 atom stereocenters. The number of aliphatic imine (C=N–C) groups is 1. The third-order valence-corrected chi connectivity index (χ3v) is 5.04. The Hall–Kier alpha value is -1.85. The van der Waals surface area contributed by atoms with Crippen LogP contribution < -0.4 is 0 Å². The first kappa shape index (κ1) is 28.1. The minimum Gasteiger partial charge on any atom is -0.481 e. The van der Waals surface area contributed by atoms with Crippen molar-refractivity contribution in [1.82, 2.24) is 4.90 Å². The largest absolute Gasteiger partial charge is 0.481 e. The lowest BCUT2D eigenvalue weighted by Crippen LogP contribution is -2.10. The Morgan fingerprint density at radius 2 is 1.30 bits per heavy atom. The molecule has 1 heterocycles. The van der Waals surface area contributed by atoms with Gasteiger partial charge in [-0.15, -0.1) is 0 Å². The maximum absolute atomic E-state index is 9.64. The van der Waals surface area contributed by atoms with Crippen LogP contribution in [-0.2, 0) is 9.59 Å². The molecule has 30 heavy (non-hydrogen) atoms. The van der Waals surface area contributed by atoms with Gasteiger partial charge in [0.25, 0.3) is 0 Å². The quantitative estimate of drug-likeness (QED) is 0.253. The first-order valence-electron chi connectivity index (χ1n) is 11.9. The van der Waals surface area contributed by atoms with Crippen LogP contribution in [-0.4, -0.2) is 46.5 Å². The van der Waals surface area contributed by atoms with E-state index in [0.29, 0.717) is 0 Å². The molecule has 6 nitrogen and oxygen atoms in total. The van der Waals surface area contributed by atoms with Crippen LogP contribution in [0.15, 0.2) is 17.3 Å². The van der Waals surface area contributed by atoms with Crippen molar-refractivity contribution in [3.63, 3.8) is 0 Å². The molecule has 0 unspecified atom stereocenters. The predicted molar refractivity (Wildman–Crippen MR) is 124 cm³/mol. The van der Waals surface area contributed by atoms with E-state index in [1.165, 1.54) is 89.9 Å². The number of rotatable bonds is 18. The van der Waals surface area contributed by atoms with Crippen LogP contribution in [0.5, 0.6) is 0 Å². The molecule has 0 bridgehead atoms. The van der Waals surface area contributed by atoms with Gasteiger partial charge >= 0.3 is 11.9 Å². The SMILES string of the molecule is CCCCCCCCCCCCCCCC=CN1C=NCC1.O=C(O)CCC(=O)O. The highest BCUT2D eigenvalue weighted by molar-refractivity contribution is 5.75. The van der Waals surface area contributed by atoms with Gasteiger partial charge in [0.2, 0.25) is 0 Å². The third kappa shape index (κ3) is 22.4. The van der Waals surface area contributed by atoms with Crippen LogP contribution in [0.4, 0.5) is 0 Å². The maximum atomic E-state index is 9.64. The summed E-state index contributed by atoms with van der Waals surface area (Å²) in [7, 11) is 0. The summed E-state index contributed by atoms with van der Waals surface area (Å²) >= 11 is 0. The van der Waals surface area contributed by atoms with Crippen LogP contribution in [0.2, 0.25) is 0 Å². The topological polar surface area (TPSA) is 90.2 Å². The Morgan fingerprint density at radius 1 is 0.833 bits per heavy atom. The normalized spacial score (nSPS) is 12.9. The van der Waals surface area contributed by atoms with Crippen LogP contribution in [0, 0.1) is 0 Å². The molecule has 174 valence electrons. The summed E-state index contributed by atoms with van der Waals surface area (Å²) in [5, 5.41) is 15.8. The smallest absolute Gasteiger partial charge is 0.303 e. The Kier molecular flexibility index (Phi) is 20.5. The van der Waals surface area contributed by atoms with Gasteiger partial charge in [0.05, 0.1) is 25.7 Å². The zero-order valence-electron chi connectivity index (χ0n) is 19.1. The van der Waals surface area contributed by atoms with Crippen molar-refractivity contribution in [2.24, 2.45) is 4.99 Å². The van der Waals surface area contributed by atoms with Crippen molar-refractivity contribution in [3.8, 4) is 0 Å². The lowest BCUT2D eigenvalue weighted by Gasteiger charge is -2.05. The van der Waals surface area contributed by atoms with Crippen molar-refractivity contribution >= 4 is 18.3 Å². The maximum Gasteiger partial charge on any atom is 0.303 e. The molecule has 0 aromatic carbocycles. The van der Waals surface area contributed by atoms with E-state index in [2.05, 4.69) is 29.1 Å². The van der Waals surface area contributed by atoms with E-state index in [1.807, 2.05) is 6.34 Å². The fourth-order valence-corrected chi connectivity index (χ4v) is 3.21. The number of hydrogen-bond acceptors (Lipinski definition) is 4. The lowest BCUT2D eigenvalue weighted by molar-refractivity contribution is -0.143. The number of nitrogens with zero attached hydrogens (tertiary/aromatic N) is 2. The fourth-order valence-electron chi connectivity index (χ4n) is 3.21. The first-order valence-corrected chi connectivity index (χ1v) is 11.9. The number of carbonyl (C=O) groups is 2. The summed E-state index contributed by atoms with van der Waals surface area (Å²) in [6.07, 6.45) is 25.7. The minimum absolute atomic E-state index is 0.296. The summed E-state index contributed by atoms with van der Waals surface area (Å²) in [6.45, 7) is 4.32. The van der Waals surface area contributed by atoms with Crippen molar-refractivity contribution < 1.29 is 19.8 Å². The Bertz CT molecular complexity index is 464. The number of aliphatic carboxylic acids is 2. The van der Waals surface area contributed by atoms with E-state index in [9.17, 15) is 9.59 Å². The van der Waals surface area contributed by atoms with Gasteiger partial charge in [-0.05, 0) is 12.8 Å². The number of carboxylic acids is 2. The lowest BCUT2D eigenvalue weighted by atomic mass is 10.0. The highest BCUT2D eigenvalue weighted by atomic mass is 16.4. The average molecular weight is 425 g/mol. The summed E-state index contributed by atoms with van der Waals surface area (Å²) in [4.78, 5) is 25.7. The van der Waals surface area contributed by atoms with E-state index in [0.717, 1.165) is 13.1 Å². The summed E-state index contributed by atoms with van der Waals surface area (Å²) in [6, 6.07) is 0. The van der Waals surface area contributed by atoms with E-state index in [1.54, 1.807) is 0 Å². The van der Waals surface area contributed by atoms with Crippen molar-refractivity contribution in [2.45, 2.75) is 110 Å². The second-order valence-electron chi connectivity index (χ2n) is 7.96. The number of unbranched alkanes of at least 4 members (excludes halogenated alkanes) is 13. The molecule has 1 rings (SSSR count). The standard InChI is InChI=1S/C20H38N2.C4H6O4/c1-2-3-4-5-6-7-8-9-10-11-12-13-14-15-16-18-22-19-17-21-20-22;5-3(6)1-2-4(7)8/h16,18,20H,2-15,17,19H2,1H3;1-2H2,(H,5,6)(H,7,8). The summed E-state index contributed by atoms with van der Waals surface area (Å²) in [5.74, 6) is -2.15.